The van der Waals surface area contributed by atoms with Crippen LogP contribution in [0.3, 0.4) is 0 Å². The molecule has 0 aromatic heterocycles. The van der Waals surface area contributed by atoms with Crippen LogP contribution in [0.2, 0.25) is 0 Å². The van der Waals surface area contributed by atoms with Gasteiger partial charge in [0.1, 0.15) is 5.75 Å². The van der Waals surface area contributed by atoms with Gasteiger partial charge in [-0.3, -0.25) is 4.72 Å². The first-order chi connectivity index (χ1) is 11.4. The van der Waals surface area contributed by atoms with Gasteiger partial charge in [-0.15, -0.1) is 0 Å². The number of urea groups is 1. The lowest BCUT2D eigenvalue weighted by molar-refractivity contribution is 0.218. The van der Waals surface area contributed by atoms with Crippen molar-refractivity contribution in [3.8, 4) is 5.75 Å². The molecular formula is C16H17N3O4S. The van der Waals surface area contributed by atoms with E-state index in [4.69, 9.17) is 4.74 Å². The van der Waals surface area contributed by atoms with Gasteiger partial charge in [0.25, 0.3) is 10.0 Å². The van der Waals surface area contributed by atoms with Crippen molar-refractivity contribution in [1.29, 1.82) is 0 Å². The molecule has 1 aliphatic heterocycles. The maximum Gasteiger partial charge on any atom is 0.321 e. The van der Waals surface area contributed by atoms with E-state index < -0.39 is 10.0 Å². The summed E-state index contributed by atoms with van der Waals surface area (Å²) in [6.07, 6.45) is 0. The normalized spacial score (nSPS) is 13.9. The second-order valence-corrected chi connectivity index (χ2v) is 7.12. The summed E-state index contributed by atoms with van der Waals surface area (Å²) in [5.74, 6) is 0.585. The molecule has 0 spiro atoms. The van der Waals surface area contributed by atoms with Crippen molar-refractivity contribution in [3.63, 3.8) is 0 Å². The Labute approximate surface area is 140 Å². The highest BCUT2D eigenvalue weighted by atomic mass is 32.2. The molecule has 0 saturated carbocycles. The Morgan fingerprint density at radius 2 is 1.88 bits per heavy atom. The molecule has 126 valence electrons. The zero-order chi connectivity index (χ0) is 17.3. The molecule has 0 atom stereocenters. The molecule has 0 fully saturated rings. The standard InChI is InChI=1S/C16H17N3O4S/c1-19-10-11-9-12(3-8-15(11)17-16(19)20)18-24(21,22)14-6-4-13(23-2)5-7-14/h3-9,18H,10H2,1-2H3,(H,17,20). The van der Waals surface area contributed by atoms with Gasteiger partial charge in [0, 0.05) is 25.0 Å². The van der Waals surface area contributed by atoms with Crippen molar-refractivity contribution in [2.45, 2.75) is 11.4 Å². The Bertz CT molecular complexity index is 879. The number of methoxy groups -OCH3 is 1. The molecule has 2 aromatic carbocycles. The number of nitrogens with zero attached hydrogens (tertiary/aromatic N) is 1. The Balaban J connectivity index is 1.85. The lowest BCUT2D eigenvalue weighted by Gasteiger charge is -2.26. The molecule has 2 amide bonds. The van der Waals surface area contributed by atoms with Crippen LogP contribution in [-0.2, 0) is 16.6 Å². The van der Waals surface area contributed by atoms with Gasteiger partial charge in [0.2, 0.25) is 0 Å². The van der Waals surface area contributed by atoms with E-state index in [1.807, 2.05) is 0 Å². The molecule has 2 aromatic rings. The van der Waals surface area contributed by atoms with Crippen LogP contribution in [0.1, 0.15) is 5.56 Å². The van der Waals surface area contributed by atoms with Gasteiger partial charge in [0.05, 0.1) is 12.0 Å². The molecule has 0 unspecified atom stereocenters. The predicted molar refractivity (Wildman–Crippen MR) is 90.7 cm³/mol. The minimum atomic E-state index is -3.70. The molecule has 1 heterocycles. The van der Waals surface area contributed by atoms with Crippen LogP contribution in [0, 0.1) is 0 Å². The third kappa shape index (κ3) is 3.13. The highest BCUT2D eigenvalue weighted by Crippen LogP contribution is 2.27. The number of nitrogens with one attached hydrogen (secondary N) is 2. The first-order valence-electron chi connectivity index (χ1n) is 7.21. The zero-order valence-corrected chi connectivity index (χ0v) is 14.1. The third-order valence-corrected chi connectivity index (χ3v) is 5.12. The summed E-state index contributed by atoms with van der Waals surface area (Å²) in [6, 6.07) is 11.0. The summed E-state index contributed by atoms with van der Waals surface area (Å²) in [7, 11) is -0.504. The number of fused-ring (bicyclic) bond motifs is 1. The van der Waals surface area contributed by atoms with E-state index in [0.29, 0.717) is 23.7 Å². The number of amides is 2. The second-order valence-electron chi connectivity index (χ2n) is 5.44. The number of anilines is 2. The number of hydrogen-bond acceptors (Lipinski definition) is 4. The van der Waals surface area contributed by atoms with Gasteiger partial charge < -0.3 is 15.0 Å². The van der Waals surface area contributed by atoms with E-state index in [0.717, 1.165) is 5.56 Å². The van der Waals surface area contributed by atoms with E-state index in [9.17, 15) is 13.2 Å². The lowest BCUT2D eigenvalue weighted by atomic mass is 10.1. The average Bonchev–Trinajstić information content (AvgIpc) is 2.56. The van der Waals surface area contributed by atoms with Crippen LogP contribution in [0.15, 0.2) is 47.4 Å². The molecular weight excluding hydrogens is 330 g/mol. The maximum atomic E-state index is 12.5. The maximum absolute atomic E-state index is 12.5. The van der Waals surface area contributed by atoms with Crippen LogP contribution >= 0.6 is 0 Å². The van der Waals surface area contributed by atoms with Crippen LogP contribution in [0.25, 0.3) is 0 Å². The fraction of sp³-hybridized carbons (Fsp3) is 0.188. The number of carbonyl (C=O) groups excluding carboxylic acids is 1. The number of carbonyl (C=O) groups is 1. The van der Waals surface area contributed by atoms with Crippen LogP contribution in [0.5, 0.6) is 5.75 Å². The summed E-state index contributed by atoms with van der Waals surface area (Å²) in [4.78, 5) is 13.3. The third-order valence-electron chi connectivity index (χ3n) is 3.72. The number of sulfonamides is 1. The minimum absolute atomic E-state index is 0.145. The first-order valence-corrected chi connectivity index (χ1v) is 8.69. The van der Waals surface area contributed by atoms with E-state index in [-0.39, 0.29) is 10.9 Å². The quantitative estimate of drug-likeness (QED) is 0.889. The average molecular weight is 347 g/mol. The van der Waals surface area contributed by atoms with Gasteiger partial charge in [-0.05, 0) is 48.0 Å². The summed E-state index contributed by atoms with van der Waals surface area (Å²) in [6.45, 7) is 0.416. The van der Waals surface area contributed by atoms with Crippen molar-refractivity contribution in [3.05, 3.63) is 48.0 Å². The molecule has 2 N–H and O–H groups in total. The summed E-state index contributed by atoms with van der Waals surface area (Å²) >= 11 is 0. The van der Waals surface area contributed by atoms with E-state index in [2.05, 4.69) is 10.0 Å². The van der Waals surface area contributed by atoms with Gasteiger partial charge in [-0.1, -0.05) is 0 Å². The van der Waals surface area contributed by atoms with Gasteiger partial charge in [0.15, 0.2) is 0 Å². The van der Waals surface area contributed by atoms with Crippen LogP contribution in [-0.4, -0.2) is 33.5 Å². The number of hydrogen-bond donors (Lipinski definition) is 2. The molecule has 1 aliphatic rings. The highest BCUT2D eigenvalue weighted by molar-refractivity contribution is 7.92. The van der Waals surface area contributed by atoms with Crippen molar-refractivity contribution in [1.82, 2.24) is 4.90 Å². The Hall–Kier alpha value is -2.74. The number of ether oxygens (including phenoxy) is 1. The van der Waals surface area contributed by atoms with Crippen molar-refractivity contribution >= 4 is 27.4 Å². The summed E-state index contributed by atoms with van der Waals surface area (Å²) in [5, 5.41) is 2.74. The molecule has 8 heteroatoms. The van der Waals surface area contributed by atoms with Crippen LogP contribution < -0.4 is 14.8 Å². The Morgan fingerprint density at radius 3 is 2.54 bits per heavy atom. The molecule has 7 nitrogen and oxygen atoms in total. The largest absolute Gasteiger partial charge is 0.497 e. The van der Waals surface area contributed by atoms with Gasteiger partial charge in [-0.25, -0.2) is 13.2 Å². The lowest BCUT2D eigenvalue weighted by Crippen LogP contribution is -2.35. The van der Waals surface area contributed by atoms with Crippen molar-refractivity contribution in [2.24, 2.45) is 0 Å². The number of benzene rings is 2. The fourth-order valence-electron chi connectivity index (χ4n) is 2.42. The SMILES string of the molecule is COc1ccc(S(=O)(=O)Nc2ccc3c(c2)CN(C)C(=O)N3)cc1. The zero-order valence-electron chi connectivity index (χ0n) is 13.2. The Kier molecular flexibility index (Phi) is 4.06. The van der Waals surface area contributed by atoms with Gasteiger partial charge in [-0.2, -0.15) is 0 Å². The highest BCUT2D eigenvalue weighted by Gasteiger charge is 2.20. The van der Waals surface area contributed by atoms with E-state index >= 15 is 0 Å². The minimum Gasteiger partial charge on any atom is -0.497 e. The summed E-state index contributed by atoms with van der Waals surface area (Å²) < 4.78 is 32.5. The summed E-state index contributed by atoms with van der Waals surface area (Å²) in [5.41, 5.74) is 1.96. The van der Waals surface area contributed by atoms with Crippen LogP contribution in [0.4, 0.5) is 16.2 Å². The van der Waals surface area contributed by atoms with E-state index in [1.165, 1.54) is 24.1 Å². The molecule has 24 heavy (non-hydrogen) atoms. The fourth-order valence-corrected chi connectivity index (χ4v) is 3.47. The molecule has 0 radical (unpaired) electrons. The molecule has 3 rings (SSSR count). The molecule has 0 bridgehead atoms. The number of rotatable bonds is 4. The van der Waals surface area contributed by atoms with Gasteiger partial charge >= 0.3 is 6.03 Å². The Morgan fingerprint density at radius 1 is 1.17 bits per heavy atom. The van der Waals surface area contributed by atoms with E-state index in [1.54, 1.807) is 37.4 Å². The second kappa shape index (κ2) is 6.04. The smallest absolute Gasteiger partial charge is 0.321 e. The molecule has 0 saturated heterocycles. The predicted octanol–water partition coefficient (Wildman–Crippen LogP) is 2.47. The topological polar surface area (TPSA) is 87.7 Å². The first kappa shape index (κ1) is 16.1. The van der Waals surface area contributed by atoms with Crippen molar-refractivity contribution in [2.75, 3.05) is 24.2 Å². The molecule has 0 aliphatic carbocycles. The monoisotopic (exact) mass is 347 g/mol. The van der Waals surface area contributed by atoms with Crippen molar-refractivity contribution < 1.29 is 17.9 Å².